The lowest BCUT2D eigenvalue weighted by molar-refractivity contribution is 0.165. The zero-order valence-electron chi connectivity index (χ0n) is 33.4. The number of fused-ring (bicyclic) bond motifs is 2. The third-order valence-corrected chi connectivity index (χ3v) is 16.0. The van der Waals surface area contributed by atoms with Gasteiger partial charge in [0.1, 0.15) is 0 Å². The standard InChI is InChI=1S/C56H52N2/c1-5-13-43(14-6-1)57(44-15-7-2-8-16-44)55-51-31-47-39-23-35-21-36(24-39)28-41(27-35)49(47)33-53(51)56(58(45-17-9-3-10-18-45)46-19-11-4-12-20-46)54-34-50-42-29-37-22-38(30-42)26-40(25-37)48(50)32-52(54)55/h1-20,31-42H,21-30H2. The van der Waals surface area contributed by atoms with Crippen LogP contribution in [0.4, 0.5) is 34.1 Å². The number of hydrogen-bond acceptors (Lipinski definition) is 2. The maximum absolute atomic E-state index is 2.75. The van der Waals surface area contributed by atoms with Crippen LogP contribution in [0.3, 0.4) is 0 Å². The summed E-state index contributed by atoms with van der Waals surface area (Å²) >= 11 is 0. The van der Waals surface area contributed by atoms with Crippen molar-refractivity contribution in [1.82, 2.24) is 0 Å². The Morgan fingerprint density at radius 3 is 0.724 bits per heavy atom. The smallest absolute Gasteiger partial charge is 0.0620 e. The van der Waals surface area contributed by atoms with Crippen LogP contribution in [-0.4, -0.2) is 0 Å². The van der Waals surface area contributed by atoms with Gasteiger partial charge in [-0.15, -0.1) is 0 Å². The fraction of sp³-hybridized carbons (Fsp3) is 0.321. The highest BCUT2D eigenvalue weighted by Crippen LogP contribution is 2.61. The summed E-state index contributed by atoms with van der Waals surface area (Å²) in [5.74, 6) is 6.09. The molecular weight excluding hydrogens is 701 g/mol. The quantitative estimate of drug-likeness (QED) is 0.123. The van der Waals surface area contributed by atoms with Crippen molar-refractivity contribution < 1.29 is 0 Å². The highest BCUT2D eigenvalue weighted by molar-refractivity contribution is 6.24. The molecule has 4 fully saturated rings. The molecule has 15 rings (SSSR count). The van der Waals surface area contributed by atoms with Crippen molar-refractivity contribution in [3.63, 3.8) is 0 Å². The first-order valence-electron chi connectivity index (χ1n) is 22.6. The Bertz CT molecular complexity index is 2300. The molecule has 0 radical (unpaired) electrons. The first-order chi connectivity index (χ1) is 28.7. The van der Waals surface area contributed by atoms with Crippen molar-refractivity contribution in [2.75, 3.05) is 9.80 Å². The SMILES string of the molecule is c1ccc(N(c2ccccc2)c2c3cc4c(cc3c(N(c3ccccc3)c3ccccc3)c3cc5c(cc23)C2CC3CC(C2)CC5C3)C2CC3CC(CC4C3)C2)cc1. The lowest BCUT2D eigenvalue weighted by Crippen LogP contribution is -2.25. The summed E-state index contributed by atoms with van der Waals surface area (Å²) in [6, 6.07) is 56.1. The van der Waals surface area contributed by atoms with E-state index in [1.54, 1.807) is 22.3 Å². The summed E-state index contributed by atoms with van der Waals surface area (Å²) in [7, 11) is 0. The van der Waals surface area contributed by atoms with Crippen LogP contribution in [0.2, 0.25) is 0 Å². The largest absolute Gasteiger partial charge is 0.309 e. The zero-order chi connectivity index (χ0) is 37.9. The summed E-state index contributed by atoms with van der Waals surface area (Å²) in [6.07, 6.45) is 13.8. The van der Waals surface area contributed by atoms with E-state index in [0.29, 0.717) is 23.7 Å². The van der Waals surface area contributed by atoms with E-state index in [4.69, 9.17) is 0 Å². The Balaban J connectivity index is 1.22. The van der Waals surface area contributed by atoms with Crippen LogP contribution in [-0.2, 0) is 0 Å². The van der Waals surface area contributed by atoms with Gasteiger partial charge in [-0.1, -0.05) is 72.8 Å². The van der Waals surface area contributed by atoms with Crippen LogP contribution in [0.1, 0.15) is 110 Å². The van der Waals surface area contributed by atoms with Crippen LogP contribution >= 0.6 is 0 Å². The van der Waals surface area contributed by atoms with E-state index in [0.717, 1.165) is 23.7 Å². The summed E-state index contributed by atoms with van der Waals surface area (Å²) in [6.45, 7) is 0. The van der Waals surface area contributed by atoms with Crippen LogP contribution in [0.25, 0.3) is 21.5 Å². The maximum atomic E-state index is 2.75. The molecule has 286 valence electrons. The molecule has 0 aromatic heterocycles. The molecule has 0 N–H and O–H groups in total. The molecule has 8 aliphatic carbocycles. The number of para-hydroxylation sites is 4. The summed E-state index contributed by atoms with van der Waals surface area (Å²) < 4.78 is 0. The first-order valence-corrected chi connectivity index (χ1v) is 22.6. The van der Waals surface area contributed by atoms with Gasteiger partial charge in [0.2, 0.25) is 0 Å². The molecule has 8 bridgehead atoms. The summed E-state index contributed by atoms with van der Waals surface area (Å²) in [4.78, 5) is 5.26. The highest BCUT2D eigenvalue weighted by Gasteiger charge is 2.45. The second kappa shape index (κ2) is 13.1. The van der Waals surface area contributed by atoms with Crippen LogP contribution in [0, 0.1) is 23.7 Å². The third kappa shape index (κ3) is 5.22. The number of anilines is 6. The Labute approximate surface area is 343 Å². The Hall–Kier alpha value is -5.34. The molecule has 58 heavy (non-hydrogen) atoms. The minimum Gasteiger partial charge on any atom is -0.309 e. The molecule has 7 aromatic carbocycles. The summed E-state index contributed by atoms with van der Waals surface area (Å²) in [5, 5.41) is 5.58. The predicted octanol–water partition coefficient (Wildman–Crippen LogP) is 15.7. The van der Waals surface area contributed by atoms with Crippen molar-refractivity contribution in [3.05, 3.63) is 168 Å². The molecule has 8 aliphatic rings. The second-order valence-electron chi connectivity index (χ2n) is 19.4. The molecule has 4 saturated carbocycles. The van der Waals surface area contributed by atoms with Crippen molar-refractivity contribution in [3.8, 4) is 0 Å². The number of rotatable bonds is 6. The van der Waals surface area contributed by atoms with Gasteiger partial charge in [0, 0.05) is 44.3 Å². The van der Waals surface area contributed by atoms with E-state index in [9.17, 15) is 0 Å². The van der Waals surface area contributed by atoms with Crippen molar-refractivity contribution in [2.24, 2.45) is 23.7 Å². The molecule has 0 amide bonds. The predicted molar refractivity (Wildman–Crippen MR) is 242 cm³/mol. The van der Waals surface area contributed by atoms with Crippen molar-refractivity contribution >= 4 is 55.7 Å². The fourth-order valence-corrected chi connectivity index (χ4v) is 14.1. The number of nitrogens with zero attached hydrogens (tertiary/aromatic N) is 2. The normalized spacial score (nSPS) is 27.3. The van der Waals surface area contributed by atoms with E-state index in [2.05, 4.69) is 155 Å². The molecule has 7 aromatic rings. The van der Waals surface area contributed by atoms with Gasteiger partial charge >= 0.3 is 0 Å². The average Bonchev–Trinajstić information content (AvgIpc) is 3.54. The van der Waals surface area contributed by atoms with Gasteiger partial charge in [-0.05, 0) is 207 Å². The average molecular weight is 753 g/mol. The van der Waals surface area contributed by atoms with Gasteiger partial charge in [-0.2, -0.15) is 0 Å². The monoisotopic (exact) mass is 752 g/mol. The number of benzene rings is 7. The molecule has 0 spiro atoms. The fourth-order valence-electron chi connectivity index (χ4n) is 14.1. The van der Waals surface area contributed by atoms with Gasteiger partial charge in [0.25, 0.3) is 0 Å². The molecule has 0 unspecified atom stereocenters. The second-order valence-corrected chi connectivity index (χ2v) is 19.4. The van der Waals surface area contributed by atoms with E-state index < -0.39 is 0 Å². The minimum atomic E-state index is 0.655. The van der Waals surface area contributed by atoms with E-state index >= 15 is 0 Å². The molecule has 0 atom stereocenters. The third-order valence-electron chi connectivity index (χ3n) is 16.0. The molecule has 2 heteroatoms. The van der Waals surface area contributed by atoms with Gasteiger partial charge in [-0.25, -0.2) is 0 Å². The minimum absolute atomic E-state index is 0.655. The van der Waals surface area contributed by atoms with Crippen molar-refractivity contribution in [2.45, 2.75) is 87.9 Å². The Kier molecular flexibility index (Phi) is 7.58. The van der Waals surface area contributed by atoms with Gasteiger partial charge in [-0.3, -0.25) is 0 Å². The Morgan fingerprint density at radius 1 is 0.276 bits per heavy atom. The molecule has 0 aliphatic heterocycles. The van der Waals surface area contributed by atoms with Crippen LogP contribution in [0.5, 0.6) is 0 Å². The lowest BCUT2D eigenvalue weighted by atomic mass is 9.67. The van der Waals surface area contributed by atoms with E-state index in [1.807, 2.05) is 0 Å². The van der Waals surface area contributed by atoms with Crippen LogP contribution in [0.15, 0.2) is 146 Å². The topological polar surface area (TPSA) is 6.48 Å². The van der Waals surface area contributed by atoms with E-state index in [-0.39, 0.29) is 0 Å². The van der Waals surface area contributed by atoms with Gasteiger partial charge < -0.3 is 9.80 Å². The zero-order valence-corrected chi connectivity index (χ0v) is 33.4. The van der Waals surface area contributed by atoms with E-state index in [1.165, 1.54) is 120 Å². The molecular formula is C56H52N2. The molecule has 2 nitrogen and oxygen atoms in total. The maximum Gasteiger partial charge on any atom is 0.0620 e. The molecule has 0 saturated heterocycles. The Morgan fingerprint density at radius 2 is 0.500 bits per heavy atom. The van der Waals surface area contributed by atoms with Crippen molar-refractivity contribution in [1.29, 1.82) is 0 Å². The molecule has 0 heterocycles. The van der Waals surface area contributed by atoms with Gasteiger partial charge in [0.05, 0.1) is 11.4 Å². The summed E-state index contributed by atoms with van der Waals surface area (Å²) in [5.41, 5.74) is 14.2. The lowest BCUT2D eigenvalue weighted by Gasteiger charge is -2.38. The first kappa shape index (κ1) is 33.6. The van der Waals surface area contributed by atoms with Crippen LogP contribution < -0.4 is 9.80 Å². The van der Waals surface area contributed by atoms with Gasteiger partial charge in [0.15, 0.2) is 0 Å². The highest BCUT2D eigenvalue weighted by atomic mass is 15.2. The number of hydrogen-bond donors (Lipinski definition) is 0.